The number of hydrogen-bond acceptors (Lipinski definition) is 4. The van der Waals surface area contributed by atoms with Gasteiger partial charge in [-0.2, -0.15) is 5.10 Å². The number of ether oxygens (including phenoxy) is 1. The highest BCUT2D eigenvalue weighted by Gasteiger charge is 2.15. The molecule has 0 unspecified atom stereocenters. The summed E-state index contributed by atoms with van der Waals surface area (Å²) in [5.74, 6) is 0.242. The van der Waals surface area contributed by atoms with Gasteiger partial charge in [-0.1, -0.05) is 6.07 Å². The van der Waals surface area contributed by atoms with Crippen LogP contribution in [0.3, 0.4) is 0 Å². The minimum Gasteiger partial charge on any atom is -0.493 e. The number of rotatable bonds is 5. The molecule has 106 valence electrons. The Kier molecular flexibility index (Phi) is 4.24. The Morgan fingerprint density at radius 2 is 2.30 bits per heavy atom. The van der Waals surface area contributed by atoms with Gasteiger partial charge < -0.3 is 15.8 Å². The highest BCUT2D eigenvalue weighted by molar-refractivity contribution is 6.01. The summed E-state index contributed by atoms with van der Waals surface area (Å²) in [5.41, 5.74) is 7.57. The first-order chi connectivity index (χ1) is 9.61. The van der Waals surface area contributed by atoms with E-state index < -0.39 is 0 Å². The summed E-state index contributed by atoms with van der Waals surface area (Å²) in [4.78, 5) is 12.2. The number of aromatic nitrogens is 2. The van der Waals surface area contributed by atoms with Gasteiger partial charge in [0.15, 0.2) is 0 Å². The van der Waals surface area contributed by atoms with Crippen LogP contribution in [0.5, 0.6) is 5.75 Å². The van der Waals surface area contributed by atoms with E-state index in [0.29, 0.717) is 30.2 Å². The summed E-state index contributed by atoms with van der Waals surface area (Å²) in [6.45, 7) is 2.74. The highest BCUT2D eigenvalue weighted by Crippen LogP contribution is 2.24. The number of nitrogens with zero attached hydrogens (tertiary/aromatic N) is 2. The first-order valence-electron chi connectivity index (χ1n) is 6.38. The third-order valence-corrected chi connectivity index (χ3v) is 2.80. The second-order valence-electron chi connectivity index (χ2n) is 4.36. The number of amides is 1. The largest absolute Gasteiger partial charge is 0.493 e. The Bertz CT molecular complexity index is 607. The lowest BCUT2D eigenvalue weighted by molar-refractivity contribution is 0.0948. The SMILES string of the molecule is CCOc1cccc(N)c1C(=O)NCc1cnn(C)c1. The van der Waals surface area contributed by atoms with Crippen molar-refractivity contribution in [1.29, 1.82) is 0 Å². The summed E-state index contributed by atoms with van der Waals surface area (Å²) in [6.07, 6.45) is 3.55. The Hall–Kier alpha value is -2.50. The molecular formula is C14H18N4O2. The molecule has 2 rings (SSSR count). The van der Waals surface area contributed by atoms with Crippen LogP contribution in [0.1, 0.15) is 22.8 Å². The first kappa shape index (κ1) is 13.9. The number of benzene rings is 1. The molecule has 0 saturated heterocycles. The van der Waals surface area contributed by atoms with E-state index in [1.54, 1.807) is 29.1 Å². The van der Waals surface area contributed by atoms with Crippen LogP contribution in [0.2, 0.25) is 0 Å². The maximum atomic E-state index is 12.2. The Morgan fingerprint density at radius 1 is 1.50 bits per heavy atom. The highest BCUT2D eigenvalue weighted by atomic mass is 16.5. The lowest BCUT2D eigenvalue weighted by Crippen LogP contribution is -2.24. The van der Waals surface area contributed by atoms with Crippen LogP contribution < -0.4 is 15.8 Å². The van der Waals surface area contributed by atoms with E-state index in [9.17, 15) is 4.79 Å². The quantitative estimate of drug-likeness (QED) is 0.806. The number of aryl methyl sites for hydroxylation is 1. The molecule has 0 aliphatic heterocycles. The van der Waals surface area contributed by atoms with Gasteiger partial charge in [0, 0.05) is 31.0 Å². The minimum absolute atomic E-state index is 0.254. The molecule has 1 amide bonds. The van der Waals surface area contributed by atoms with Crippen molar-refractivity contribution in [2.45, 2.75) is 13.5 Å². The number of nitrogens with one attached hydrogen (secondary N) is 1. The third-order valence-electron chi connectivity index (χ3n) is 2.80. The minimum atomic E-state index is -0.254. The van der Waals surface area contributed by atoms with Crippen LogP contribution in [-0.2, 0) is 13.6 Å². The van der Waals surface area contributed by atoms with Crippen molar-refractivity contribution in [2.24, 2.45) is 7.05 Å². The Morgan fingerprint density at radius 3 is 2.95 bits per heavy atom. The number of carbonyl (C=O) groups is 1. The van der Waals surface area contributed by atoms with Crippen molar-refractivity contribution in [3.63, 3.8) is 0 Å². The molecule has 1 heterocycles. The average molecular weight is 274 g/mol. The van der Waals surface area contributed by atoms with Gasteiger partial charge in [-0.25, -0.2) is 0 Å². The monoisotopic (exact) mass is 274 g/mol. The van der Waals surface area contributed by atoms with Crippen molar-refractivity contribution in [1.82, 2.24) is 15.1 Å². The van der Waals surface area contributed by atoms with Gasteiger partial charge in [0.05, 0.1) is 12.8 Å². The van der Waals surface area contributed by atoms with E-state index in [1.165, 1.54) is 0 Å². The average Bonchev–Trinajstić information content (AvgIpc) is 2.82. The second-order valence-corrected chi connectivity index (χ2v) is 4.36. The topological polar surface area (TPSA) is 82.2 Å². The van der Waals surface area contributed by atoms with Crippen LogP contribution in [0.25, 0.3) is 0 Å². The fraction of sp³-hybridized carbons (Fsp3) is 0.286. The van der Waals surface area contributed by atoms with Gasteiger partial charge in [0.1, 0.15) is 11.3 Å². The van der Waals surface area contributed by atoms with Crippen LogP contribution in [0.4, 0.5) is 5.69 Å². The lowest BCUT2D eigenvalue weighted by atomic mass is 10.1. The van der Waals surface area contributed by atoms with E-state index in [-0.39, 0.29) is 5.91 Å². The standard InChI is InChI=1S/C14H18N4O2/c1-3-20-12-6-4-5-11(15)13(12)14(19)16-7-10-8-17-18(2)9-10/h4-6,8-9H,3,7,15H2,1-2H3,(H,16,19). The molecule has 0 radical (unpaired) electrons. The fourth-order valence-electron chi connectivity index (χ4n) is 1.90. The molecule has 0 aliphatic carbocycles. The molecule has 0 saturated carbocycles. The summed E-state index contributed by atoms with van der Waals surface area (Å²) in [6, 6.07) is 5.18. The number of anilines is 1. The van der Waals surface area contributed by atoms with Crippen molar-refractivity contribution >= 4 is 11.6 Å². The summed E-state index contributed by atoms with van der Waals surface area (Å²) >= 11 is 0. The van der Waals surface area contributed by atoms with Crippen LogP contribution >= 0.6 is 0 Å². The number of hydrogen-bond donors (Lipinski definition) is 2. The van der Waals surface area contributed by atoms with Crippen LogP contribution in [0.15, 0.2) is 30.6 Å². The van der Waals surface area contributed by atoms with E-state index in [4.69, 9.17) is 10.5 Å². The normalized spacial score (nSPS) is 10.3. The fourth-order valence-corrected chi connectivity index (χ4v) is 1.90. The van der Waals surface area contributed by atoms with Gasteiger partial charge in [0.25, 0.3) is 5.91 Å². The molecule has 0 bridgehead atoms. The maximum absolute atomic E-state index is 12.2. The molecule has 2 aromatic rings. The van der Waals surface area contributed by atoms with Gasteiger partial charge in [-0.3, -0.25) is 9.48 Å². The maximum Gasteiger partial charge on any atom is 0.257 e. The summed E-state index contributed by atoms with van der Waals surface area (Å²) in [5, 5.41) is 6.86. The van der Waals surface area contributed by atoms with Gasteiger partial charge >= 0.3 is 0 Å². The smallest absolute Gasteiger partial charge is 0.257 e. The lowest BCUT2D eigenvalue weighted by Gasteiger charge is -2.12. The molecular weight excluding hydrogens is 256 g/mol. The molecule has 1 aromatic heterocycles. The molecule has 0 atom stereocenters. The first-order valence-corrected chi connectivity index (χ1v) is 6.38. The summed E-state index contributed by atoms with van der Waals surface area (Å²) in [7, 11) is 1.83. The Labute approximate surface area is 117 Å². The predicted molar refractivity (Wildman–Crippen MR) is 76.4 cm³/mol. The molecule has 0 spiro atoms. The zero-order valence-corrected chi connectivity index (χ0v) is 11.6. The molecule has 20 heavy (non-hydrogen) atoms. The van der Waals surface area contributed by atoms with Gasteiger partial charge in [-0.05, 0) is 19.1 Å². The zero-order valence-electron chi connectivity index (χ0n) is 11.6. The summed E-state index contributed by atoms with van der Waals surface area (Å²) < 4.78 is 7.12. The number of carbonyl (C=O) groups excluding carboxylic acids is 1. The van der Waals surface area contributed by atoms with E-state index in [0.717, 1.165) is 5.56 Å². The van der Waals surface area contributed by atoms with Gasteiger partial charge in [-0.15, -0.1) is 0 Å². The van der Waals surface area contributed by atoms with Crippen molar-refractivity contribution < 1.29 is 9.53 Å². The number of nitrogens with two attached hydrogens (primary N) is 1. The van der Waals surface area contributed by atoms with Crippen LogP contribution in [-0.4, -0.2) is 22.3 Å². The predicted octanol–water partition coefficient (Wildman–Crippen LogP) is 1.33. The number of nitrogen functional groups attached to an aromatic ring is 1. The van der Waals surface area contributed by atoms with Crippen molar-refractivity contribution in [3.05, 3.63) is 41.7 Å². The molecule has 6 heteroatoms. The zero-order chi connectivity index (χ0) is 14.5. The Balaban J connectivity index is 2.12. The van der Waals surface area contributed by atoms with Crippen LogP contribution in [0, 0.1) is 0 Å². The van der Waals surface area contributed by atoms with E-state index in [2.05, 4.69) is 10.4 Å². The molecule has 3 N–H and O–H groups in total. The van der Waals surface area contributed by atoms with Gasteiger partial charge in [0.2, 0.25) is 0 Å². The third kappa shape index (κ3) is 3.09. The van der Waals surface area contributed by atoms with E-state index in [1.807, 2.05) is 20.2 Å². The van der Waals surface area contributed by atoms with Crippen molar-refractivity contribution in [2.75, 3.05) is 12.3 Å². The van der Waals surface area contributed by atoms with E-state index >= 15 is 0 Å². The molecule has 0 aliphatic rings. The molecule has 0 fully saturated rings. The second kappa shape index (κ2) is 6.10. The molecule has 6 nitrogen and oxygen atoms in total. The molecule has 1 aromatic carbocycles. The van der Waals surface area contributed by atoms with Crippen molar-refractivity contribution in [3.8, 4) is 5.75 Å².